The highest BCUT2D eigenvalue weighted by Gasteiger charge is 2.26. The van der Waals surface area contributed by atoms with E-state index < -0.39 is 15.8 Å². The molecule has 0 bridgehead atoms. The molecular formula is C25H23BrClFN8O2S. The number of fused-ring (bicyclic) bond motifs is 1. The number of hydrogen-bond acceptors (Lipinski definition) is 8. The van der Waals surface area contributed by atoms with E-state index in [-0.39, 0.29) is 11.1 Å². The molecule has 0 atom stereocenters. The number of anilines is 3. The molecule has 202 valence electrons. The maximum atomic E-state index is 13.7. The van der Waals surface area contributed by atoms with Gasteiger partial charge in [0.25, 0.3) is 0 Å². The van der Waals surface area contributed by atoms with Crippen LogP contribution in [0.4, 0.5) is 21.5 Å². The normalized spacial score (nSPS) is 14.8. The van der Waals surface area contributed by atoms with Crippen molar-refractivity contribution < 1.29 is 12.8 Å². The van der Waals surface area contributed by atoms with Crippen LogP contribution in [-0.2, 0) is 16.6 Å². The van der Waals surface area contributed by atoms with Crippen molar-refractivity contribution in [2.75, 3.05) is 30.0 Å². The van der Waals surface area contributed by atoms with Crippen LogP contribution in [0.25, 0.3) is 10.9 Å². The van der Waals surface area contributed by atoms with Crippen molar-refractivity contribution in [3.05, 3.63) is 69.3 Å². The third-order valence-electron chi connectivity index (χ3n) is 6.53. The van der Waals surface area contributed by atoms with E-state index in [9.17, 15) is 18.1 Å². The zero-order chi connectivity index (χ0) is 27.7. The number of benzene rings is 2. The Balaban J connectivity index is 1.35. The van der Waals surface area contributed by atoms with Gasteiger partial charge >= 0.3 is 0 Å². The molecule has 2 aromatic heterocycles. The fourth-order valence-electron chi connectivity index (χ4n) is 4.50. The molecule has 4 aromatic rings. The summed E-state index contributed by atoms with van der Waals surface area (Å²) >= 11 is 9.52. The van der Waals surface area contributed by atoms with E-state index >= 15 is 0 Å². The summed E-state index contributed by atoms with van der Waals surface area (Å²) < 4.78 is 41.2. The zero-order valence-electron chi connectivity index (χ0n) is 20.7. The number of piperidine rings is 1. The van der Waals surface area contributed by atoms with Gasteiger partial charge in [0, 0.05) is 40.5 Å². The molecule has 1 saturated heterocycles. The maximum absolute atomic E-state index is 13.7. The van der Waals surface area contributed by atoms with Crippen LogP contribution in [0.1, 0.15) is 30.1 Å². The quantitative estimate of drug-likeness (QED) is 0.284. The molecule has 39 heavy (non-hydrogen) atoms. The number of nitrogens with zero attached hydrogens (tertiary/aromatic N) is 6. The summed E-state index contributed by atoms with van der Waals surface area (Å²) in [5.74, 6) is -0.534. The number of nitrogens with one attached hydrogen (secondary N) is 2. The van der Waals surface area contributed by atoms with Crippen molar-refractivity contribution in [1.82, 2.24) is 24.3 Å². The van der Waals surface area contributed by atoms with Crippen LogP contribution >= 0.6 is 27.5 Å². The van der Waals surface area contributed by atoms with E-state index in [1.165, 1.54) is 28.9 Å². The first kappa shape index (κ1) is 27.3. The number of nitriles is 1. The first-order valence-corrected chi connectivity index (χ1v) is 15.0. The number of halogens is 3. The van der Waals surface area contributed by atoms with Crippen LogP contribution < -0.4 is 10.6 Å². The summed E-state index contributed by atoms with van der Waals surface area (Å²) in [4.78, 5) is 4.43. The molecule has 0 aliphatic carbocycles. The van der Waals surface area contributed by atoms with E-state index in [4.69, 9.17) is 11.6 Å². The van der Waals surface area contributed by atoms with E-state index in [0.29, 0.717) is 64.8 Å². The van der Waals surface area contributed by atoms with Crippen LogP contribution in [0.2, 0.25) is 5.02 Å². The van der Waals surface area contributed by atoms with Gasteiger partial charge in [-0.2, -0.15) is 5.26 Å². The standard InChI is InChI=1S/C25H23BrClFN8O2S/c1-39(37,38)35-6-4-19(5-7-35)36-14-18(33-34-36)13-30-17-8-20-24(32-16-2-3-23(28)22(27)10-16)15(11-29)12-31-25(20)21(26)9-17/h2-3,8-10,12,14,19,30H,4-7,13H2,1H3,(H,31,32). The van der Waals surface area contributed by atoms with E-state index in [0.717, 1.165) is 11.4 Å². The van der Waals surface area contributed by atoms with E-state index in [1.54, 1.807) is 10.7 Å². The third-order valence-corrected chi connectivity index (χ3v) is 8.73. The van der Waals surface area contributed by atoms with Crippen molar-refractivity contribution in [2.24, 2.45) is 0 Å². The molecule has 2 N–H and O–H groups in total. The fraction of sp³-hybridized carbons (Fsp3) is 0.280. The number of aromatic nitrogens is 4. The molecule has 0 spiro atoms. The second kappa shape index (κ2) is 11.1. The van der Waals surface area contributed by atoms with Crippen LogP contribution in [0.3, 0.4) is 0 Å². The Hall–Kier alpha value is -3.31. The molecule has 1 fully saturated rings. The van der Waals surface area contributed by atoms with Gasteiger partial charge in [0.2, 0.25) is 10.0 Å². The van der Waals surface area contributed by atoms with Gasteiger partial charge in [0.15, 0.2) is 0 Å². The highest BCUT2D eigenvalue weighted by molar-refractivity contribution is 9.10. The first-order valence-electron chi connectivity index (χ1n) is 12.0. The minimum Gasteiger partial charge on any atom is -0.379 e. The van der Waals surface area contributed by atoms with E-state index in [2.05, 4.69) is 47.9 Å². The monoisotopic (exact) mass is 632 g/mol. The predicted molar refractivity (Wildman–Crippen MR) is 151 cm³/mol. The van der Waals surface area contributed by atoms with Crippen LogP contribution in [0.5, 0.6) is 0 Å². The van der Waals surface area contributed by atoms with Crippen molar-refractivity contribution in [2.45, 2.75) is 25.4 Å². The molecule has 1 aliphatic heterocycles. The first-order chi connectivity index (χ1) is 18.6. The van der Waals surface area contributed by atoms with Gasteiger partial charge in [-0.25, -0.2) is 21.8 Å². The number of hydrogen-bond donors (Lipinski definition) is 2. The summed E-state index contributed by atoms with van der Waals surface area (Å²) in [5.41, 5.74) is 3.47. The molecule has 0 radical (unpaired) electrons. The highest BCUT2D eigenvalue weighted by Crippen LogP contribution is 2.36. The topological polar surface area (TPSA) is 129 Å². The van der Waals surface area contributed by atoms with Gasteiger partial charge in [-0.1, -0.05) is 16.8 Å². The average molecular weight is 634 g/mol. The molecule has 2 aromatic carbocycles. The van der Waals surface area contributed by atoms with Gasteiger partial charge < -0.3 is 10.6 Å². The Morgan fingerprint density at radius 2 is 2.00 bits per heavy atom. The van der Waals surface area contributed by atoms with Crippen LogP contribution in [-0.4, -0.2) is 52.0 Å². The summed E-state index contributed by atoms with van der Waals surface area (Å²) in [6.07, 6.45) is 5.91. The summed E-state index contributed by atoms with van der Waals surface area (Å²) in [5, 5.41) is 25.4. The third kappa shape index (κ3) is 5.99. The predicted octanol–water partition coefficient (Wildman–Crippen LogP) is 5.21. The Morgan fingerprint density at radius 1 is 1.23 bits per heavy atom. The van der Waals surface area contributed by atoms with Gasteiger partial charge in [-0.3, -0.25) is 4.98 Å². The number of pyridine rings is 1. The molecule has 10 nitrogen and oxygen atoms in total. The smallest absolute Gasteiger partial charge is 0.211 e. The Bertz CT molecular complexity index is 1700. The second-order valence-electron chi connectivity index (χ2n) is 9.20. The minimum atomic E-state index is -3.19. The highest BCUT2D eigenvalue weighted by atomic mass is 79.9. The summed E-state index contributed by atoms with van der Waals surface area (Å²) in [6, 6.07) is 10.2. The zero-order valence-corrected chi connectivity index (χ0v) is 23.9. The minimum absolute atomic E-state index is 0.0330. The molecule has 1 aliphatic rings. The van der Waals surface area contributed by atoms with Gasteiger partial charge in [-0.15, -0.1) is 5.10 Å². The lowest BCUT2D eigenvalue weighted by molar-refractivity contribution is 0.259. The van der Waals surface area contributed by atoms with Gasteiger partial charge in [0.1, 0.15) is 17.6 Å². The van der Waals surface area contributed by atoms with Crippen molar-refractivity contribution in [3.8, 4) is 6.07 Å². The molecule has 5 rings (SSSR count). The molecule has 0 saturated carbocycles. The molecule has 3 heterocycles. The van der Waals surface area contributed by atoms with E-state index in [1.807, 2.05) is 18.3 Å². The molecule has 0 unspecified atom stereocenters. The lowest BCUT2D eigenvalue weighted by atomic mass is 10.1. The summed E-state index contributed by atoms with van der Waals surface area (Å²) in [7, 11) is -3.19. The Labute approximate surface area is 238 Å². The second-order valence-corrected chi connectivity index (χ2v) is 12.4. The fourth-order valence-corrected chi connectivity index (χ4v) is 6.12. The SMILES string of the molecule is CS(=O)(=O)N1CCC(n2cc(CNc3cc(Br)c4ncc(C#N)c(Nc5ccc(F)c(Cl)c5)c4c3)nn2)CC1. The van der Waals surface area contributed by atoms with Crippen molar-refractivity contribution in [1.29, 1.82) is 5.26 Å². The number of rotatable bonds is 7. The molecule has 14 heteroatoms. The van der Waals surface area contributed by atoms with Crippen molar-refractivity contribution >= 4 is 65.5 Å². The largest absolute Gasteiger partial charge is 0.379 e. The van der Waals surface area contributed by atoms with Crippen LogP contribution in [0, 0.1) is 17.1 Å². The summed E-state index contributed by atoms with van der Waals surface area (Å²) in [6.45, 7) is 1.31. The number of sulfonamides is 1. The average Bonchev–Trinajstić information content (AvgIpc) is 3.39. The van der Waals surface area contributed by atoms with Gasteiger partial charge in [-0.05, 0) is 59.1 Å². The van der Waals surface area contributed by atoms with Crippen LogP contribution in [0.15, 0.2) is 47.2 Å². The molecular weight excluding hydrogens is 611 g/mol. The van der Waals surface area contributed by atoms with Crippen molar-refractivity contribution in [3.63, 3.8) is 0 Å². The molecule has 0 amide bonds. The Morgan fingerprint density at radius 3 is 2.69 bits per heavy atom. The Kier molecular flexibility index (Phi) is 7.73. The maximum Gasteiger partial charge on any atom is 0.211 e. The lowest BCUT2D eigenvalue weighted by Crippen LogP contribution is -2.38. The van der Waals surface area contributed by atoms with Gasteiger partial charge in [0.05, 0.1) is 46.8 Å². The lowest BCUT2D eigenvalue weighted by Gasteiger charge is -2.29.